The number of nitrogens with zero attached hydrogens (tertiary/aromatic N) is 1. The summed E-state index contributed by atoms with van der Waals surface area (Å²) in [7, 11) is -0.762. The zero-order valence-corrected chi connectivity index (χ0v) is 14.4. The highest BCUT2D eigenvalue weighted by atomic mass is 32.2. The van der Waals surface area contributed by atoms with E-state index in [-0.39, 0.29) is 30.0 Å². The predicted molar refractivity (Wildman–Crippen MR) is 89.3 cm³/mol. The lowest BCUT2D eigenvalue weighted by atomic mass is 9.95. The van der Waals surface area contributed by atoms with Crippen molar-refractivity contribution in [3.63, 3.8) is 0 Å². The second-order valence-corrected chi connectivity index (χ2v) is 8.47. The van der Waals surface area contributed by atoms with Crippen LogP contribution in [0.4, 0.5) is 4.79 Å². The average Bonchev–Trinajstić information content (AvgIpc) is 2.55. The number of urea groups is 1. The molecule has 2 rings (SSSR count). The molecule has 0 spiro atoms. The van der Waals surface area contributed by atoms with E-state index in [0.717, 1.165) is 51.5 Å². The molecule has 1 saturated carbocycles. The van der Waals surface area contributed by atoms with Crippen molar-refractivity contribution in [3.05, 3.63) is 0 Å². The Labute approximate surface area is 136 Å². The fourth-order valence-electron chi connectivity index (χ4n) is 3.73. The molecular formula is C16H30N2O3S. The minimum absolute atomic E-state index is 0.00563. The standard InChI is InChI=1S/C16H30N2O3S/c1-2-22(21)15-8-5-6-13(12-15)17-16(20)18-10-4-3-7-14(18)9-11-19/h13-15,19H,2-12H2,1H3,(H,17,20). The summed E-state index contributed by atoms with van der Waals surface area (Å²) in [4.78, 5) is 14.5. The van der Waals surface area contributed by atoms with Crippen LogP contribution in [0.2, 0.25) is 0 Å². The molecule has 5 nitrogen and oxygen atoms in total. The zero-order valence-electron chi connectivity index (χ0n) is 13.6. The Kier molecular flexibility index (Phi) is 7.15. The first kappa shape index (κ1) is 17.7. The molecule has 6 heteroatoms. The number of rotatable bonds is 5. The molecule has 0 aromatic carbocycles. The van der Waals surface area contributed by atoms with Crippen LogP contribution in [-0.2, 0) is 10.8 Å². The number of carbonyl (C=O) groups excluding carboxylic acids is 1. The van der Waals surface area contributed by atoms with Crippen molar-refractivity contribution in [2.24, 2.45) is 0 Å². The first-order chi connectivity index (χ1) is 10.7. The van der Waals surface area contributed by atoms with Crippen molar-refractivity contribution in [1.29, 1.82) is 0 Å². The summed E-state index contributed by atoms with van der Waals surface area (Å²) in [6.07, 6.45) is 7.72. The van der Waals surface area contributed by atoms with Gasteiger partial charge in [0.05, 0.1) is 0 Å². The van der Waals surface area contributed by atoms with Crippen molar-refractivity contribution in [2.75, 3.05) is 18.9 Å². The minimum Gasteiger partial charge on any atom is -0.396 e. The van der Waals surface area contributed by atoms with Crippen LogP contribution >= 0.6 is 0 Å². The summed E-state index contributed by atoms with van der Waals surface area (Å²) in [5.74, 6) is 0.704. The van der Waals surface area contributed by atoms with E-state index in [4.69, 9.17) is 0 Å². The van der Waals surface area contributed by atoms with E-state index in [1.807, 2.05) is 11.8 Å². The first-order valence-electron chi connectivity index (χ1n) is 8.70. The largest absolute Gasteiger partial charge is 0.396 e. The monoisotopic (exact) mass is 330 g/mol. The van der Waals surface area contributed by atoms with Crippen molar-refractivity contribution in [2.45, 2.75) is 75.6 Å². The lowest BCUT2D eigenvalue weighted by Crippen LogP contribution is -2.52. The van der Waals surface area contributed by atoms with Gasteiger partial charge in [0, 0.05) is 47.0 Å². The second kappa shape index (κ2) is 8.87. The fraction of sp³-hybridized carbons (Fsp3) is 0.938. The number of piperidine rings is 1. The number of nitrogens with one attached hydrogen (secondary N) is 1. The average molecular weight is 330 g/mol. The maximum Gasteiger partial charge on any atom is 0.317 e. The molecule has 0 bridgehead atoms. The highest BCUT2D eigenvalue weighted by Crippen LogP contribution is 2.24. The summed E-state index contributed by atoms with van der Waals surface area (Å²) in [5.41, 5.74) is 0. The van der Waals surface area contributed by atoms with Gasteiger partial charge in [0.2, 0.25) is 0 Å². The molecule has 128 valence electrons. The molecule has 0 aromatic heterocycles. The lowest BCUT2D eigenvalue weighted by Gasteiger charge is -2.37. The highest BCUT2D eigenvalue weighted by Gasteiger charge is 2.30. The van der Waals surface area contributed by atoms with Gasteiger partial charge in [0.25, 0.3) is 0 Å². The Morgan fingerprint density at radius 1 is 1.27 bits per heavy atom. The Hall–Kier alpha value is -0.620. The SMILES string of the molecule is CCS(=O)C1CCCC(NC(=O)N2CCCCC2CCO)C1. The van der Waals surface area contributed by atoms with E-state index in [2.05, 4.69) is 5.32 Å². The lowest BCUT2D eigenvalue weighted by molar-refractivity contribution is 0.128. The van der Waals surface area contributed by atoms with Crippen molar-refractivity contribution < 1.29 is 14.1 Å². The number of hydrogen-bond acceptors (Lipinski definition) is 3. The van der Waals surface area contributed by atoms with Gasteiger partial charge in [-0.2, -0.15) is 0 Å². The summed E-state index contributed by atoms with van der Waals surface area (Å²) in [6.45, 7) is 2.88. The van der Waals surface area contributed by atoms with E-state index in [1.165, 1.54) is 0 Å². The summed E-state index contributed by atoms with van der Waals surface area (Å²) in [5, 5.41) is 12.6. The molecular weight excluding hydrogens is 300 g/mol. The second-order valence-electron chi connectivity index (χ2n) is 6.46. The quantitative estimate of drug-likeness (QED) is 0.810. The Balaban J connectivity index is 1.88. The number of carbonyl (C=O) groups is 1. The normalized spacial score (nSPS) is 30.8. The summed E-state index contributed by atoms with van der Waals surface area (Å²) < 4.78 is 12.0. The molecule has 4 unspecified atom stereocenters. The van der Waals surface area contributed by atoms with Gasteiger partial charge in [-0.25, -0.2) is 4.79 Å². The predicted octanol–water partition coefficient (Wildman–Crippen LogP) is 2.01. The van der Waals surface area contributed by atoms with Crippen LogP contribution in [0.15, 0.2) is 0 Å². The van der Waals surface area contributed by atoms with E-state index in [1.54, 1.807) is 0 Å². The number of likely N-dealkylation sites (tertiary alicyclic amines) is 1. The smallest absolute Gasteiger partial charge is 0.317 e. The van der Waals surface area contributed by atoms with E-state index in [0.29, 0.717) is 12.2 Å². The molecule has 0 aromatic rings. The molecule has 2 fully saturated rings. The van der Waals surface area contributed by atoms with Gasteiger partial charge in [-0.15, -0.1) is 0 Å². The van der Waals surface area contributed by atoms with Crippen LogP contribution in [-0.4, -0.2) is 56.5 Å². The van der Waals surface area contributed by atoms with Gasteiger partial charge in [-0.3, -0.25) is 4.21 Å². The first-order valence-corrected chi connectivity index (χ1v) is 10.1. The third kappa shape index (κ3) is 4.69. The van der Waals surface area contributed by atoms with E-state index < -0.39 is 10.8 Å². The van der Waals surface area contributed by atoms with Gasteiger partial charge in [0.1, 0.15) is 0 Å². The molecule has 22 heavy (non-hydrogen) atoms. The molecule has 4 atom stereocenters. The summed E-state index contributed by atoms with van der Waals surface area (Å²) in [6, 6.07) is 0.326. The van der Waals surface area contributed by atoms with Crippen LogP contribution < -0.4 is 5.32 Å². The van der Waals surface area contributed by atoms with Crippen molar-refractivity contribution in [1.82, 2.24) is 10.2 Å². The van der Waals surface area contributed by atoms with Gasteiger partial charge < -0.3 is 15.3 Å². The third-order valence-corrected chi connectivity index (χ3v) is 6.70. The Morgan fingerprint density at radius 3 is 2.82 bits per heavy atom. The number of aliphatic hydroxyl groups is 1. The van der Waals surface area contributed by atoms with Crippen molar-refractivity contribution >= 4 is 16.8 Å². The number of hydrogen-bond donors (Lipinski definition) is 2. The molecule has 1 saturated heterocycles. The summed E-state index contributed by atoms with van der Waals surface area (Å²) >= 11 is 0. The number of amides is 2. The van der Waals surface area contributed by atoms with Crippen LogP contribution in [0.3, 0.4) is 0 Å². The zero-order chi connectivity index (χ0) is 15.9. The van der Waals surface area contributed by atoms with Crippen molar-refractivity contribution in [3.8, 4) is 0 Å². The van der Waals surface area contributed by atoms with Crippen LogP contribution in [0.1, 0.15) is 58.3 Å². The van der Waals surface area contributed by atoms with Crippen LogP contribution in [0.5, 0.6) is 0 Å². The van der Waals surface area contributed by atoms with Crippen LogP contribution in [0, 0.1) is 0 Å². The number of aliphatic hydroxyl groups excluding tert-OH is 1. The third-order valence-electron chi connectivity index (χ3n) is 4.96. The molecule has 1 heterocycles. The maximum absolute atomic E-state index is 12.6. The molecule has 2 N–H and O–H groups in total. The molecule has 2 amide bonds. The molecule has 1 aliphatic heterocycles. The van der Waals surface area contributed by atoms with E-state index in [9.17, 15) is 14.1 Å². The van der Waals surface area contributed by atoms with Gasteiger partial charge >= 0.3 is 6.03 Å². The maximum atomic E-state index is 12.6. The highest BCUT2D eigenvalue weighted by molar-refractivity contribution is 7.85. The van der Waals surface area contributed by atoms with Gasteiger partial charge in [0.15, 0.2) is 0 Å². The fourth-order valence-corrected chi connectivity index (χ4v) is 5.07. The molecule has 1 aliphatic carbocycles. The topological polar surface area (TPSA) is 69.6 Å². The minimum atomic E-state index is -0.762. The Morgan fingerprint density at radius 2 is 2.09 bits per heavy atom. The Bertz CT molecular complexity index is 390. The molecule has 0 radical (unpaired) electrons. The molecule has 2 aliphatic rings. The van der Waals surface area contributed by atoms with E-state index >= 15 is 0 Å². The van der Waals surface area contributed by atoms with Gasteiger partial charge in [-0.05, 0) is 44.9 Å². The van der Waals surface area contributed by atoms with Crippen LogP contribution in [0.25, 0.3) is 0 Å². The van der Waals surface area contributed by atoms with Gasteiger partial charge in [-0.1, -0.05) is 13.3 Å².